The molecule has 102 valence electrons. The molecule has 2 aromatic heterocycles. The van der Waals surface area contributed by atoms with Gasteiger partial charge >= 0.3 is 0 Å². The molecule has 0 bridgehead atoms. The number of fused-ring (bicyclic) bond motifs is 1. The second-order valence-electron chi connectivity index (χ2n) is 4.76. The number of nitrogen functional groups attached to an aromatic ring is 1. The highest BCUT2D eigenvalue weighted by atomic mass is 16.5. The summed E-state index contributed by atoms with van der Waals surface area (Å²) in [6, 6.07) is 7.74. The van der Waals surface area contributed by atoms with Gasteiger partial charge in [0.05, 0.1) is 16.9 Å². The minimum Gasteiger partial charge on any atom is -0.397 e. The fourth-order valence-corrected chi connectivity index (χ4v) is 2.29. The van der Waals surface area contributed by atoms with Crippen molar-refractivity contribution in [3.05, 3.63) is 47.5 Å². The zero-order valence-corrected chi connectivity index (χ0v) is 11.5. The van der Waals surface area contributed by atoms with E-state index in [4.69, 9.17) is 10.3 Å². The molecule has 0 spiro atoms. The number of anilines is 2. The van der Waals surface area contributed by atoms with Gasteiger partial charge in [0.25, 0.3) is 0 Å². The first-order valence-electron chi connectivity index (χ1n) is 6.45. The smallest absolute Gasteiger partial charge is 0.138 e. The Morgan fingerprint density at radius 1 is 1.25 bits per heavy atom. The first-order chi connectivity index (χ1) is 9.66. The van der Waals surface area contributed by atoms with Crippen LogP contribution in [0.4, 0.5) is 11.4 Å². The highest BCUT2D eigenvalue weighted by Crippen LogP contribution is 2.26. The van der Waals surface area contributed by atoms with Crippen LogP contribution in [0.1, 0.15) is 17.0 Å². The van der Waals surface area contributed by atoms with Crippen LogP contribution < -0.4 is 11.1 Å². The predicted molar refractivity (Wildman–Crippen MR) is 79.5 cm³/mol. The van der Waals surface area contributed by atoms with E-state index in [1.54, 1.807) is 6.20 Å². The number of nitrogens with two attached hydrogens (primary N) is 1. The zero-order valence-electron chi connectivity index (χ0n) is 11.5. The van der Waals surface area contributed by atoms with E-state index in [-0.39, 0.29) is 0 Å². The van der Waals surface area contributed by atoms with Crippen LogP contribution in [0.25, 0.3) is 10.9 Å². The van der Waals surface area contributed by atoms with Crippen molar-refractivity contribution in [3.63, 3.8) is 0 Å². The molecule has 0 radical (unpaired) electrons. The Kier molecular flexibility index (Phi) is 3.02. The molecule has 2 heterocycles. The molecule has 0 aliphatic rings. The molecule has 3 aromatic rings. The van der Waals surface area contributed by atoms with Crippen molar-refractivity contribution >= 4 is 22.3 Å². The van der Waals surface area contributed by atoms with Crippen LogP contribution in [0.2, 0.25) is 0 Å². The maximum Gasteiger partial charge on any atom is 0.138 e. The fraction of sp³-hybridized carbons (Fsp3) is 0.200. The molecule has 0 unspecified atom stereocenters. The molecule has 0 saturated heterocycles. The first-order valence-corrected chi connectivity index (χ1v) is 6.45. The zero-order chi connectivity index (χ0) is 14.1. The lowest BCUT2D eigenvalue weighted by Gasteiger charge is -2.10. The molecule has 5 heteroatoms. The van der Waals surface area contributed by atoms with Gasteiger partial charge in [-0.25, -0.2) is 0 Å². The summed E-state index contributed by atoms with van der Waals surface area (Å²) in [5.74, 6) is 0.841. The van der Waals surface area contributed by atoms with Gasteiger partial charge in [-0.3, -0.25) is 4.98 Å². The third kappa shape index (κ3) is 2.07. The largest absolute Gasteiger partial charge is 0.397 e. The Morgan fingerprint density at radius 2 is 2.10 bits per heavy atom. The Balaban J connectivity index is 1.94. The number of nitrogens with zero attached hydrogens (tertiary/aromatic N) is 2. The van der Waals surface area contributed by atoms with Crippen molar-refractivity contribution in [1.82, 2.24) is 10.1 Å². The average Bonchev–Trinajstić information content (AvgIpc) is 2.76. The molecule has 0 amide bonds. The van der Waals surface area contributed by atoms with Gasteiger partial charge in [0.2, 0.25) is 0 Å². The monoisotopic (exact) mass is 268 g/mol. The van der Waals surface area contributed by atoms with Crippen LogP contribution in [-0.4, -0.2) is 10.1 Å². The lowest BCUT2D eigenvalue weighted by atomic mass is 10.1. The van der Waals surface area contributed by atoms with E-state index >= 15 is 0 Å². The molecular formula is C15H16N4O. The van der Waals surface area contributed by atoms with E-state index in [0.29, 0.717) is 12.2 Å². The van der Waals surface area contributed by atoms with Crippen molar-refractivity contribution in [2.45, 2.75) is 20.4 Å². The minimum atomic E-state index is 0.662. The lowest BCUT2D eigenvalue weighted by Crippen LogP contribution is -2.02. The van der Waals surface area contributed by atoms with Crippen molar-refractivity contribution in [3.8, 4) is 0 Å². The summed E-state index contributed by atoms with van der Waals surface area (Å²) in [7, 11) is 0. The molecule has 1 aromatic carbocycles. The third-order valence-corrected chi connectivity index (χ3v) is 3.44. The van der Waals surface area contributed by atoms with E-state index in [1.165, 1.54) is 0 Å². The molecule has 0 aliphatic carbocycles. The molecule has 3 N–H and O–H groups in total. The van der Waals surface area contributed by atoms with Crippen LogP contribution in [-0.2, 0) is 6.54 Å². The number of pyridine rings is 1. The summed E-state index contributed by atoms with van der Waals surface area (Å²) in [6.45, 7) is 4.52. The number of nitrogens with one attached hydrogen (secondary N) is 1. The number of hydrogen-bond acceptors (Lipinski definition) is 5. The molecule has 0 saturated carbocycles. The van der Waals surface area contributed by atoms with E-state index in [0.717, 1.165) is 33.6 Å². The van der Waals surface area contributed by atoms with E-state index in [2.05, 4.69) is 15.5 Å². The maximum absolute atomic E-state index is 5.95. The Morgan fingerprint density at radius 3 is 2.85 bits per heavy atom. The maximum atomic E-state index is 5.95. The van der Waals surface area contributed by atoms with E-state index < -0.39 is 0 Å². The van der Waals surface area contributed by atoms with Crippen LogP contribution in [0.5, 0.6) is 0 Å². The predicted octanol–water partition coefficient (Wildman–Crippen LogP) is 3.03. The third-order valence-electron chi connectivity index (χ3n) is 3.44. The normalized spacial score (nSPS) is 10.9. The van der Waals surface area contributed by atoms with Gasteiger partial charge < -0.3 is 15.6 Å². The van der Waals surface area contributed by atoms with E-state index in [1.807, 2.05) is 38.1 Å². The van der Waals surface area contributed by atoms with Gasteiger partial charge in [0, 0.05) is 29.4 Å². The molecule has 20 heavy (non-hydrogen) atoms. The second-order valence-corrected chi connectivity index (χ2v) is 4.76. The van der Waals surface area contributed by atoms with Crippen LogP contribution in [0, 0.1) is 13.8 Å². The Labute approximate surface area is 116 Å². The summed E-state index contributed by atoms with van der Waals surface area (Å²) < 4.78 is 5.17. The molecule has 0 atom stereocenters. The van der Waals surface area contributed by atoms with Crippen LogP contribution >= 0.6 is 0 Å². The van der Waals surface area contributed by atoms with Crippen LogP contribution in [0.15, 0.2) is 35.0 Å². The number of rotatable bonds is 3. The topological polar surface area (TPSA) is 77.0 Å². The van der Waals surface area contributed by atoms with Gasteiger partial charge in [0.1, 0.15) is 5.76 Å². The fourth-order valence-electron chi connectivity index (χ4n) is 2.29. The lowest BCUT2D eigenvalue weighted by molar-refractivity contribution is 0.392. The van der Waals surface area contributed by atoms with Gasteiger partial charge in [-0.15, -0.1) is 0 Å². The molecular weight excluding hydrogens is 252 g/mol. The number of para-hydroxylation sites is 1. The van der Waals surface area contributed by atoms with Crippen LogP contribution in [0.3, 0.4) is 0 Å². The highest BCUT2D eigenvalue weighted by molar-refractivity contribution is 5.97. The van der Waals surface area contributed by atoms with E-state index in [9.17, 15) is 0 Å². The van der Waals surface area contributed by atoms with Crippen molar-refractivity contribution < 1.29 is 4.52 Å². The van der Waals surface area contributed by atoms with Crippen molar-refractivity contribution in [1.29, 1.82) is 0 Å². The number of aryl methyl sites for hydroxylation is 2. The molecule has 0 fully saturated rings. The van der Waals surface area contributed by atoms with Gasteiger partial charge in [0.15, 0.2) is 0 Å². The number of hydrogen-bond donors (Lipinski definition) is 2. The standard InChI is InChI=1S/C15H16N4O/c1-9-12(10(2)20-19-9)8-18-14-6-7-17-15-11(14)4-3-5-13(15)16/h3-7H,8,16H2,1-2H3,(H,17,18). The minimum absolute atomic E-state index is 0.662. The average molecular weight is 268 g/mol. The molecule has 3 rings (SSSR count). The highest BCUT2D eigenvalue weighted by Gasteiger charge is 2.10. The quantitative estimate of drug-likeness (QED) is 0.714. The van der Waals surface area contributed by atoms with Crippen molar-refractivity contribution in [2.24, 2.45) is 0 Å². The number of benzene rings is 1. The summed E-state index contributed by atoms with van der Waals surface area (Å²) in [4.78, 5) is 4.33. The summed E-state index contributed by atoms with van der Waals surface area (Å²) in [5.41, 5.74) is 10.4. The van der Waals surface area contributed by atoms with Gasteiger partial charge in [-0.1, -0.05) is 17.3 Å². The van der Waals surface area contributed by atoms with Gasteiger partial charge in [-0.05, 0) is 26.0 Å². The number of aromatic nitrogens is 2. The Hall–Kier alpha value is -2.56. The molecule has 5 nitrogen and oxygen atoms in total. The Bertz CT molecular complexity index is 744. The first kappa shape index (κ1) is 12.5. The second kappa shape index (κ2) is 4.85. The molecule has 0 aliphatic heterocycles. The van der Waals surface area contributed by atoms with Crippen molar-refractivity contribution in [2.75, 3.05) is 11.1 Å². The SMILES string of the molecule is Cc1noc(C)c1CNc1ccnc2c(N)cccc12. The van der Waals surface area contributed by atoms with Gasteiger partial charge in [-0.2, -0.15) is 0 Å². The summed E-state index contributed by atoms with van der Waals surface area (Å²) in [6.07, 6.45) is 1.76. The summed E-state index contributed by atoms with van der Waals surface area (Å²) in [5, 5.41) is 8.37. The summed E-state index contributed by atoms with van der Waals surface area (Å²) >= 11 is 0.